The predicted molar refractivity (Wildman–Crippen MR) is 57.8 cm³/mol. The van der Waals surface area contributed by atoms with Crippen LogP contribution in [0.4, 0.5) is 4.39 Å². The van der Waals surface area contributed by atoms with Crippen molar-refractivity contribution < 1.29 is 14.3 Å². The lowest BCUT2D eigenvalue weighted by atomic mass is 10.1. The van der Waals surface area contributed by atoms with Crippen LogP contribution >= 0.6 is 0 Å². The highest BCUT2D eigenvalue weighted by Gasteiger charge is 2.22. The molecule has 0 aromatic heterocycles. The number of hydrogen-bond donors (Lipinski definition) is 1. The first kappa shape index (κ1) is 11.2. The van der Waals surface area contributed by atoms with E-state index in [1.165, 1.54) is 24.3 Å². The first-order valence-electron chi connectivity index (χ1n) is 5.34. The number of Topliss-reactive ketones (excluding diaryl/α,β-unsaturated/α-hetero) is 1. The molecule has 0 unspecified atom stereocenters. The van der Waals surface area contributed by atoms with E-state index in [4.69, 9.17) is 0 Å². The van der Waals surface area contributed by atoms with Crippen molar-refractivity contribution in [2.24, 2.45) is 0 Å². The molecule has 1 saturated heterocycles. The third-order valence-electron chi connectivity index (χ3n) is 2.78. The summed E-state index contributed by atoms with van der Waals surface area (Å²) in [6.45, 7) is 1.59. The Balaban J connectivity index is 1.95. The van der Waals surface area contributed by atoms with Crippen LogP contribution in [-0.4, -0.2) is 41.5 Å². The van der Waals surface area contributed by atoms with Gasteiger partial charge in [-0.3, -0.25) is 9.69 Å². The van der Waals surface area contributed by atoms with Crippen LogP contribution < -0.4 is 0 Å². The Morgan fingerprint density at radius 1 is 1.44 bits per heavy atom. The van der Waals surface area contributed by atoms with Crippen molar-refractivity contribution in [3.05, 3.63) is 35.6 Å². The van der Waals surface area contributed by atoms with Gasteiger partial charge in [-0.05, 0) is 30.7 Å². The number of aliphatic hydroxyl groups is 1. The van der Waals surface area contributed by atoms with Crippen LogP contribution in [-0.2, 0) is 0 Å². The first-order chi connectivity index (χ1) is 7.65. The average molecular weight is 223 g/mol. The van der Waals surface area contributed by atoms with Crippen molar-refractivity contribution in [3.63, 3.8) is 0 Å². The smallest absolute Gasteiger partial charge is 0.176 e. The lowest BCUT2D eigenvalue weighted by molar-refractivity contribution is 0.0935. The summed E-state index contributed by atoms with van der Waals surface area (Å²) in [6.07, 6.45) is 0.400. The highest BCUT2D eigenvalue weighted by atomic mass is 19.1. The van der Waals surface area contributed by atoms with Gasteiger partial charge in [-0.25, -0.2) is 4.39 Å². The lowest BCUT2D eigenvalue weighted by Crippen LogP contribution is -2.28. The van der Waals surface area contributed by atoms with E-state index in [2.05, 4.69) is 0 Å². The molecule has 16 heavy (non-hydrogen) atoms. The molecule has 0 saturated carbocycles. The summed E-state index contributed by atoms with van der Waals surface area (Å²) in [5.74, 6) is -0.373. The number of aliphatic hydroxyl groups excluding tert-OH is 1. The van der Waals surface area contributed by atoms with Crippen molar-refractivity contribution in [2.45, 2.75) is 12.5 Å². The fourth-order valence-corrected chi connectivity index (χ4v) is 1.89. The maximum absolute atomic E-state index is 12.7. The average Bonchev–Trinajstić information content (AvgIpc) is 2.65. The molecule has 2 rings (SSSR count). The zero-order chi connectivity index (χ0) is 11.5. The summed E-state index contributed by atoms with van der Waals surface area (Å²) in [4.78, 5) is 13.7. The maximum atomic E-state index is 12.7. The molecule has 1 aromatic rings. The number of benzene rings is 1. The van der Waals surface area contributed by atoms with E-state index in [-0.39, 0.29) is 17.7 Å². The van der Waals surface area contributed by atoms with Crippen LogP contribution in [0.25, 0.3) is 0 Å². The van der Waals surface area contributed by atoms with Crippen LogP contribution in [0.3, 0.4) is 0 Å². The Labute approximate surface area is 93.5 Å². The maximum Gasteiger partial charge on any atom is 0.176 e. The normalized spacial score (nSPS) is 21.2. The Kier molecular flexibility index (Phi) is 3.31. The van der Waals surface area contributed by atoms with Gasteiger partial charge in [0.15, 0.2) is 5.78 Å². The molecule has 0 radical (unpaired) electrons. The molecule has 0 amide bonds. The molecule has 1 heterocycles. The molecular weight excluding hydrogens is 209 g/mol. The van der Waals surface area contributed by atoms with Crippen LogP contribution in [0.5, 0.6) is 0 Å². The van der Waals surface area contributed by atoms with Gasteiger partial charge in [-0.2, -0.15) is 0 Å². The number of carbonyl (C=O) groups is 1. The number of ketones is 1. The second-order valence-electron chi connectivity index (χ2n) is 4.11. The summed E-state index contributed by atoms with van der Waals surface area (Å²) in [6, 6.07) is 5.55. The molecule has 1 N–H and O–H groups in total. The van der Waals surface area contributed by atoms with Gasteiger partial charge >= 0.3 is 0 Å². The van der Waals surface area contributed by atoms with Crippen molar-refractivity contribution in [1.29, 1.82) is 0 Å². The van der Waals surface area contributed by atoms with E-state index in [1.54, 1.807) is 0 Å². The van der Waals surface area contributed by atoms with Gasteiger partial charge in [0.25, 0.3) is 0 Å². The van der Waals surface area contributed by atoms with Gasteiger partial charge in [0.05, 0.1) is 12.6 Å². The fourth-order valence-electron chi connectivity index (χ4n) is 1.89. The molecule has 0 spiro atoms. The van der Waals surface area contributed by atoms with Crippen LogP contribution in [0.1, 0.15) is 16.8 Å². The van der Waals surface area contributed by atoms with Crippen molar-refractivity contribution in [3.8, 4) is 0 Å². The van der Waals surface area contributed by atoms with Gasteiger partial charge in [-0.15, -0.1) is 0 Å². The zero-order valence-corrected chi connectivity index (χ0v) is 8.90. The number of hydrogen-bond acceptors (Lipinski definition) is 3. The van der Waals surface area contributed by atoms with Crippen LogP contribution in [0.15, 0.2) is 24.3 Å². The number of β-amino-alcohol motifs (C(OH)–C–C–N with tert-alkyl or cyclic N) is 1. The Hall–Kier alpha value is -1.26. The monoisotopic (exact) mass is 223 g/mol. The topological polar surface area (TPSA) is 40.5 Å². The Bertz CT molecular complexity index is 377. The lowest BCUT2D eigenvalue weighted by Gasteiger charge is -2.13. The van der Waals surface area contributed by atoms with Crippen molar-refractivity contribution in [1.82, 2.24) is 4.90 Å². The van der Waals surface area contributed by atoms with Gasteiger partial charge < -0.3 is 5.11 Å². The molecule has 1 atom stereocenters. The molecular formula is C12H14FNO2. The Morgan fingerprint density at radius 2 is 2.12 bits per heavy atom. The quantitative estimate of drug-likeness (QED) is 0.779. The van der Waals surface area contributed by atoms with Gasteiger partial charge in [0.1, 0.15) is 5.82 Å². The molecule has 0 aliphatic carbocycles. The molecule has 86 valence electrons. The highest BCUT2D eigenvalue weighted by Crippen LogP contribution is 2.10. The van der Waals surface area contributed by atoms with E-state index in [9.17, 15) is 14.3 Å². The third-order valence-corrected chi connectivity index (χ3v) is 2.78. The fraction of sp³-hybridized carbons (Fsp3) is 0.417. The molecule has 1 fully saturated rings. The predicted octanol–water partition coefficient (Wildman–Crippen LogP) is 1.07. The molecule has 1 aliphatic rings. The Morgan fingerprint density at radius 3 is 2.69 bits per heavy atom. The number of likely N-dealkylation sites (tertiary alicyclic amines) is 1. The largest absolute Gasteiger partial charge is 0.392 e. The summed E-state index contributed by atoms with van der Waals surface area (Å²) < 4.78 is 12.7. The van der Waals surface area contributed by atoms with Gasteiger partial charge in [0, 0.05) is 18.7 Å². The van der Waals surface area contributed by atoms with E-state index in [1.807, 2.05) is 4.90 Å². The van der Waals surface area contributed by atoms with Gasteiger partial charge in [-0.1, -0.05) is 0 Å². The number of carbonyl (C=O) groups excluding carboxylic acids is 1. The molecule has 3 nitrogen and oxygen atoms in total. The SMILES string of the molecule is O=C(CN1CC[C@@H](O)C1)c1ccc(F)cc1. The third kappa shape index (κ3) is 2.65. The molecule has 1 aromatic carbocycles. The minimum absolute atomic E-state index is 0.0332. The summed E-state index contributed by atoms with van der Waals surface area (Å²) >= 11 is 0. The number of nitrogens with zero attached hydrogens (tertiary/aromatic N) is 1. The summed E-state index contributed by atoms with van der Waals surface area (Å²) in [5, 5.41) is 9.32. The van der Waals surface area contributed by atoms with E-state index < -0.39 is 0 Å². The molecule has 4 heteroatoms. The van der Waals surface area contributed by atoms with Gasteiger partial charge in [0.2, 0.25) is 0 Å². The minimum Gasteiger partial charge on any atom is -0.392 e. The standard InChI is InChI=1S/C12H14FNO2/c13-10-3-1-9(2-4-10)12(16)8-14-6-5-11(15)7-14/h1-4,11,15H,5-8H2/t11-/m1/s1. The molecule has 0 bridgehead atoms. The van der Waals surface area contributed by atoms with Crippen LogP contribution in [0, 0.1) is 5.82 Å². The highest BCUT2D eigenvalue weighted by molar-refractivity contribution is 5.97. The second-order valence-corrected chi connectivity index (χ2v) is 4.11. The van der Waals surface area contributed by atoms with E-state index >= 15 is 0 Å². The second kappa shape index (κ2) is 4.72. The van der Waals surface area contributed by atoms with E-state index in [0.29, 0.717) is 18.7 Å². The first-order valence-corrected chi connectivity index (χ1v) is 5.34. The number of halogens is 1. The minimum atomic E-state index is -0.340. The van der Waals surface area contributed by atoms with Crippen molar-refractivity contribution >= 4 is 5.78 Å². The van der Waals surface area contributed by atoms with E-state index in [0.717, 1.165) is 13.0 Å². The zero-order valence-electron chi connectivity index (χ0n) is 8.90. The number of rotatable bonds is 3. The summed E-state index contributed by atoms with van der Waals surface area (Å²) in [7, 11) is 0. The van der Waals surface area contributed by atoms with Crippen LogP contribution in [0.2, 0.25) is 0 Å². The molecule has 1 aliphatic heterocycles. The summed E-state index contributed by atoms with van der Waals surface area (Å²) in [5.41, 5.74) is 0.516. The van der Waals surface area contributed by atoms with Crippen molar-refractivity contribution in [2.75, 3.05) is 19.6 Å².